The summed E-state index contributed by atoms with van der Waals surface area (Å²) in [5.74, 6) is 2.12. The molecule has 0 saturated carbocycles. The Balaban J connectivity index is 0.00000288. The molecule has 0 spiro atoms. The van der Waals surface area contributed by atoms with Gasteiger partial charge in [-0.15, -0.1) is 24.0 Å². The third-order valence-electron chi connectivity index (χ3n) is 4.01. The highest BCUT2D eigenvalue weighted by Gasteiger charge is 2.20. The van der Waals surface area contributed by atoms with Crippen LogP contribution in [0.4, 0.5) is 5.82 Å². The minimum absolute atomic E-state index is 0. The van der Waals surface area contributed by atoms with Crippen LogP contribution in [0.1, 0.15) is 34.1 Å². The standard InChI is InChI=1S/C18H31N5.HI/c1-5-19-17(21-11-9-18(2,3)4)23-14-12-22(13-15-23)16-8-6-7-10-20-16;/h6-8,10H,5,9,11-15H2,1-4H3,(H,19,21);1H. The predicted octanol–water partition coefficient (Wildman–Crippen LogP) is 3.22. The van der Waals surface area contributed by atoms with Crippen molar-refractivity contribution >= 4 is 35.8 Å². The van der Waals surface area contributed by atoms with Crippen molar-refractivity contribution in [2.45, 2.75) is 34.1 Å². The van der Waals surface area contributed by atoms with E-state index in [1.807, 2.05) is 18.3 Å². The van der Waals surface area contributed by atoms with Crippen LogP contribution in [0.5, 0.6) is 0 Å². The molecular formula is C18H32IN5. The van der Waals surface area contributed by atoms with Crippen molar-refractivity contribution in [3.05, 3.63) is 24.4 Å². The Morgan fingerprint density at radius 2 is 1.92 bits per heavy atom. The lowest BCUT2D eigenvalue weighted by atomic mass is 9.92. The monoisotopic (exact) mass is 445 g/mol. The van der Waals surface area contributed by atoms with E-state index in [4.69, 9.17) is 4.99 Å². The maximum atomic E-state index is 4.82. The fourth-order valence-electron chi connectivity index (χ4n) is 2.61. The van der Waals surface area contributed by atoms with Gasteiger partial charge in [-0.05, 0) is 30.9 Å². The van der Waals surface area contributed by atoms with E-state index >= 15 is 0 Å². The van der Waals surface area contributed by atoms with Gasteiger partial charge in [-0.1, -0.05) is 26.8 Å². The van der Waals surface area contributed by atoms with Crippen molar-refractivity contribution in [1.82, 2.24) is 15.2 Å². The predicted molar refractivity (Wildman–Crippen MR) is 113 cm³/mol. The average molecular weight is 445 g/mol. The molecule has 1 aromatic rings. The van der Waals surface area contributed by atoms with Gasteiger partial charge < -0.3 is 15.1 Å². The molecule has 5 nitrogen and oxygen atoms in total. The molecule has 2 heterocycles. The highest BCUT2D eigenvalue weighted by molar-refractivity contribution is 14.0. The molecule has 0 radical (unpaired) electrons. The number of nitrogens with one attached hydrogen (secondary N) is 1. The molecule has 0 bridgehead atoms. The molecule has 24 heavy (non-hydrogen) atoms. The Morgan fingerprint density at radius 3 is 2.46 bits per heavy atom. The van der Waals surface area contributed by atoms with Gasteiger partial charge in [-0.25, -0.2) is 4.98 Å². The summed E-state index contributed by atoms with van der Waals surface area (Å²) in [6, 6.07) is 6.09. The van der Waals surface area contributed by atoms with E-state index in [1.165, 1.54) is 0 Å². The number of hydrogen-bond acceptors (Lipinski definition) is 3. The van der Waals surface area contributed by atoms with Crippen LogP contribution in [0, 0.1) is 5.41 Å². The smallest absolute Gasteiger partial charge is 0.194 e. The first kappa shape index (κ1) is 21.0. The molecule has 1 saturated heterocycles. The van der Waals surface area contributed by atoms with Crippen molar-refractivity contribution in [1.29, 1.82) is 0 Å². The van der Waals surface area contributed by atoms with Crippen molar-refractivity contribution in [3.63, 3.8) is 0 Å². The normalized spacial score (nSPS) is 15.9. The van der Waals surface area contributed by atoms with Gasteiger partial charge >= 0.3 is 0 Å². The van der Waals surface area contributed by atoms with Crippen LogP contribution < -0.4 is 10.2 Å². The van der Waals surface area contributed by atoms with E-state index in [0.29, 0.717) is 5.41 Å². The number of piperazine rings is 1. The fourth-order valence-corrected chi connectivity index (χ4v) is 2.61. The molecule has 0 atom stereocenters. The second-order valence-electron chi connectivity index (χ2n) is 7.21. The fraction of sp³-hybridized carbons (Fsp3) is 0.667. The number of rotatable bonds is 4. The maximum Gasteiger partial charge on any atom is 0.194 e. The number of aromatic nitrogens is 1. The van der Waals surface area contributed by atoms with Gasteiger partial charge in [0.05, 0.1) is 0 Å². The number of nitrogens with zero attached hydrogens (tertiary/aromatic N) is 4. The van der Waals surface area contributed by atoms with E-state index in [2.05, 4.69) is 53.9 Å². The number of halogens is 1. The molecule has 0 unspecified atom stereocenters. The summed E-state index contributed by atoms with van der Waals surface area (Å²) in [6.45, 7) is 14.7. The van der Waals surface area contributed by atoms with Gasteiger partial charge in [0, 0.05) is 45.5 Å². The van der Waals surface area contributed by atoms with Gasteiger partial charge in [0.2, 0.25) is 0 Å². The summed E-state index contributed by atoms with van der Waals surface area (Å²) < 4.78 is 0. The SMILES string of the molecule is CCNC(=NCCC(C)(C)C)N1CCN(c2ccccn2)CC1.I. The average Bonchev–Trinajstić information content (AvgIpc) is 2.54. The molecule has 1 aromatic heterocycles. The van der Waals surface area contributed by atoms with Crippen molar-refractivity contribution in [2.24, 2.45) is 10.4 Å². The summed E-state index contributed by atoms with van der Waals surface area (Å²) in [5.41, 5.74) is 0.332. The molecule has 0 aliphatic carbocycles. The van der Waals surface area contributed by atoms with E-state index in [-0.39, 0.29) is 24.0 Å². The summed E-state index contributed by atoms with van der Waals surface area (Å²) >= 11 is 0. The van der Waals surface area contributed by atoms with Crippen LogP contribution in [0.3, 0.4) is 0 Å². The third-order valence-corrected chi connectivity index (χ3v) is 4.01. The van der Waals surface area contributed by atoms with E-state index < -0.39 is 0 Å². The van der Waals surface area contributed by atoms with Gasteiger partial charge in [-0.2, -0.15) is 0 Å². The lowest BCUT2D eigenvalue weighted by Crippen LogP contribution is -2.52. The van der Waals surface area contributed by atoms with E-state index in [0.717, 1.165) is 57.5 Å². The molecule has 1 aliphatic rings. The number of aliphatic imine (C=N–C) groups is 1. The Labute approximate surface area is 163 Å². The summed E-state index contributed by atoms with van der Waals surface area (Å²) in [6.07, 6.45) is 2.97. The number of guanidine groups is 1. The largest absolute Gasteiger partial charge is 0.357 e. The first-order valence-electron chi connectivity index (χ1n) is 8.69. The highest BCUT2D eigenvalue weighted by Crippen LogP contribution is 2.18. The highest BCUT2D eigenvalue weighted by atomic mass is 127. The quantitative estimate of drug-likeness (QED) is 0.439. The first-order valence-corrected chi connectivity index (χ1v) is 8.69. The second-order valence-corrected chi connectivity index (χ2v) is 7.21. The Morgan fingerprint density at radius 1 is 1.21 bits per heavy atom. The Kier molecular flexibility index (Phi) is 8.80. The molecule has 2 rings (SSSR count). The van der Waals surface area contributed by atoms with Gasteiger partial charge in [0.15, 0.2) is 5.96 Å². The van der Waals surface area contributed by atoms with Crippen LogP contribution in [0.25, 0.3) is 0 Å². The van der Waals surface area contributed by atoms with Crippen molar-refractivity contribution in [2.75, 3.05) is 44.2 Å². The van der Waals surface area contributed by atoms with Gasteiger partial charge in [-0.3, -0.25) is 4.99 Å². The van der Waals surface area contributed by atoms with Crippen molar-refractivity contribution < 1.29 is 0 Å². The topological polar surface area (TPSA) is 43.8 Å². The third kappa shape index (κ3) is 6.83. The summed E-state index contributed by atoms with van der Waals surface area (Å²) in [4.78, 5) is 14.0. The molecule has 1 aliphatic heterocycles. The minimum atomic E-state index is 0. The molecule has 0 amide bonds. The zero-order valence-corrected chi connectivity index (χ0v) is 17.8. The maximum absolute atomic E-state index is 4.82. The van der Waals surface area contributed by atoms with Crippen molar-refractivity contribution in [3.8, 4) is 0 Å². The van der Waals surface area contributed by atoms with Crippen LogP contribution in [0.2, 0.25) is 0 Å². The molecule has 6 heteroatoms. The molecule has 136 valence electrons. The Hall–Kier alpha value is -1.05. The van der Waals surface area contributed by atoms with Gasteiger partial charge in [0.1, 0.15) is 5.82 Å². The number of hydrogen-bond donors (Lipinski definition) is 1. The lowest BCUT2D eigenvalue weighted by Gasteiger charge is -2.37. The number of anilines is 1. The van der Waals surface area contributed by atoms with Gasteiger partial charge in [0.25, 0.3) is 0 Å². The molecule has 1 N–H and O–H groups in total. The lowest BCUT2D eigenvalue weighted by molar-refractivity contribution is 0.363. The zero-order valence-electron chi connectivity index (χ0n) is 15.5. The Bertz CT molecular complexity index is 490. The summed E-state index contributed by atoms with van der Waals surface area (Å²) in [5, 5.41) is 3.43. The zero-order chi connectivity index (χ0) is 16.7. The molecule has 1 fully saturated rings. The number of pyridine rings is 1. The summed E-state index contributed by atoms with van der Waals surface area (Å²) in [7, 11) is 0. The van der Waals surface area contributed by atoms with Crippen LogP contribution in [0.15, 0.2) is 29.4 Å². The van der Waals surface area contributed by atoms with E-state index in [1.54, 1.807) is 0 Å². The first-order chi connectivity index (χ1) is 11.0. The molecule has 0 aromatic carbocycles. The second kappa shape index (κ2) is 10.1. The molecular weight excluding hydrogens is 413 g/mol. The van der Waals surface area contributed by atoms with Crippen LogP contribution >= 0.6 is 24.0 Å². The van der Waals surface area contributed by atoms with E-state index in [9.17, 15) is 0 Å². The van der Waals surface area contributed by atoms with Crippen LogP contribution in [-0.2, 0) is 0 Å². The van der Waals surface area contributed by atoms with Crippen LogP contribution in [-0.4, -0.2) is 55.1 Å². The minimum Gasteiger partial charge on any atom is -0.357 e.